The van der Waals surface area contributed by atoms with Crippen LogP contribution in [0.25, 0.3) is 0 Å². The second-order valence-electron chi connectivity index (χ2n) is 5.02. The van der Waals surface area contributed by atoms with E-state index >= 15 is 0 Å². The van der Waals surface area contributed by atoms with Crippen molar-refractivity contribution in [3.8, 4) is 0 Å². The SMILES string of the molecule is CCCCCCC1CCC(C)C1C. The molecule has 1 saturated carbocycles. The minimum atomic E-state index is 0.996. The number of hydrogen-bond donors (Lipinski definition) is 0. The van der Waals surface area contributed by atoms with Crippen LogP contribution in [-0.4, -0.2) is 0 Å². The Hall–Kier alpha value is 0. The molecule has 1 aliphatic rings. The van der Waals surface area contributed by atoms with Crippen molar-refractivity contribution in [3.63, 3.8) is 0 Å². The zero-order valence-electron chi connectivity index (χ0n) is 9.68. The van der Waals surface area contributed by atoms with E-state index in [0.29, 0.717) is 0 Å². The van der Waals surface area contributed by atoms with Gasteiger partial charge < -0.3 is 0 Å². The highest BCUT2D eigenvalue weighted by Crippen LogP contribution is 2.39. The maximum Gasteiger partial charge on any atom is -0.0386 e. The molecule has 13 heavy (non-hydrogen) atoms. The van der Waals surface area contributed by atoms with Crippen LogP contribution in [0.5, 0.6) is 0 Å². The molecule has 0 heterocycles. The highest BCUT2D eigenvalue weighted by atomic mass is 14.3. The first-order chi connectivity index (χ1) is 6.25. The summed E-state index contributed by atoms with van der Waals surface area (Å²) in [5, 5.41) is 0. The first kappa shape index (κ1) is 11.1. The molecule has 3 atom stereocenters. The van der Waals surface area contributed by atoms with Crippen LogP contribution < -0.4 is 0 Å². The van der Waals surface area contributed by atoms with E-state index in [1.807, 2.05) is 0 Å². The first-order valence-corrected chi connectivity index (χ1v) is 6.25. The minimum absolute atomic E-state index is 0.996. The maximum absolute atomic E-state index is 2.46. The molecule has 0 aromatic carbocycles. The molecular weight excluding hydrogens is 156 g/mol. The Balaban J connectivity index is 2.08. The molecule has 78 valence electrons. The molecule has 0 aliphatic heterocycles. The van der Waals surface area contributed by atoms with Gasteiger partial charge in [-0.15, -0.1) is 0 Å². The van der Waals surface area contributed by atoms with E-state index in [9.17, 15) is 0 Å². The second-order valence-corrected chi connectivity index (χ2v) is 5.02. The number of unbranched alkanes of at least 4 members (excludes halogenated alkanes) is 3. The highest BCUT2D eigenvalue weighted by Gasteiger charge is 2.28. The van der Waals surface area contributed by atoms with E-state index in [0.717, 1.165) is 17.8 Å². The summed E-state index contributed by atoms with van der Waals surface area (Å²) in [7, 11) is 0. The van der Waals surface area contributed by atoms with Gasteiger partial charge in [0.2, 0.25) is 0 Å². The fraction of sp³-hybridized carbons (Fsp3) is 1.00. The standard InChI is InChI=1S/C13H26/c1-4-5-6-7-8-13-10-9-11(2)12(13)3/h11-13H,4-10H2,1-3H3. The molecule has 0 spiro atoms. The average Bonchev–Trinajstić information content (AvgIpc) is 2.43. The number of hydrogen-bond acceptors (Lipinski definition) is 0. The molecule has 0 bridgehead atoms. The van der Waals surface area contributed by atoms with Gasteiger partial charge in [0, 0.05) is 0 Å². The van der Waals surface area contributed by atoms with Gasteiger partial charge in [-0.2, -0.15) is 0 Å². The van der Waals surface area contributed by atoms with Crippen molar-refractivity contribution < 1.29 is 0 Å². The quantitative estimate of drug-likeness (QED) is 0.543. The Morgan fingerprint density at radius 2 is 1.77 bits per heavy atom. The predicted molar refractivity (Wildman–Crippen MR) is 59.8 cm³/mol. The summed E-state index contributed by atoms with van der Waals surface area (Å²) < 4.78 is 0. The van der Waals surface area contributed by atoms with Crippen LogP contribution in [0.3, 0.4) is 0 Å². The van der Waals surface area contributed by atoms with Crippen molar-refractivity contribution in [2.75, 3.05) is 0 Å². The van der Waals surface area contributed by atoms with Crippen LogP contribution in [0.1, 0.15) is 65.7 Å². The molecule has 1 aliphatic carbocycles. The van der Waals surface area contributed by atoms with E-state index in [4.69, 9.17) is 0 Å². The third-order valence-corrected chi connectivity index (χ3v) is 4.06. The van der Waals surface area contributed by atoms with Gasteiger partial charge in [-0.1, -0.05) is 59.3 Å². The number of rotatable bonds is 5. The van der Waals surface area contributed by atoms with Crippen molar-refractivity contribution in [2.45, 2.75) is 65.7 Å². The summed E-state index contributed by atoms with van der Waals surface area (Å²) in [6.07, 6.45) is 10.3. The van der Waals surface area contributed by atoms with E-state index in [1.165, 1.54) is 44.9 Å². The summed E-state index contributed by atoms with van der Waals surface area (Å²) in [5.41, 5.74) is 0. The minimum Gasteiger partial charge on any atom is -0.0654 e. The van der Waals surface area contributed by atoms with E-state index in [2.05, 4.69) is 20.8 Å². The Labute approximate surface area is 84.1 Å². The predicted octanol–water partition coefficient (Wildman–Crippen LogP) is 4.64. The van der Waals surface area contributed by atoms with Crippen molar-refractivity contribution in [2.24, 2.45) is 17.8 Å². The third kappa shape index (κ3) is 3.32. The van der Waals surface area contributed by atoms with Gasteiger partial charge in [0.25, 0.3) is 0 Å². The highest BCUT2D eigenvalue weighted by molar-refractivity contribution is 4.79. The molecule has 0 nitrogen and oxygen atoms in total. The molecule has 3 unspecified atom stereocenters. The first-order valence-electron chi connectivity index (χ1n) is 6.25. The van der Waals surface area contributed by atoms with E-state index in [1.54, 1.807) is 0 Å². The summed E-state index contributed by atoms with van der Waals surface area (Å²) in [6.45, 7) is 7.18. The smallest absolute Gasteiger partial charge is 0.0386 e. The van der Waals surface area contributed by atoms with Crippen LogP contribution in [0.2, 0.25) is 0 Å². The van der Waals surface area contributed by atoms with Crippen molar-refractivity contribution >= 4 is 0 Å². The molecule has 0 aromatic heterocycles. The molecule has 0 saturated heterocycles. The fourth-order valence-electron chi connectivity index (χ4n) is 2.71. The molecule has 0 heteroatoms. The van der Waals surface area contributed by atoms with Gasteiger partial charge in [0.15, 0.2) is 0 Å². The van der Waals surface area contributed by atoms with Crippen molar-refractivity contribution in [3.05, 3.63) is 0 Å². The lowest BCUT2D eigenvalue weighted by molar-refractivity contribution is 0.330. The van der Waals surface area contributed by atoms with Crippen LogP contribution in [0.15, 0.2) is 0 Å². The van der Waals surface area contributed by atoms with Gasteiger partial charge in [-0.3, -0.25) is 0 Å². The largest absolute Gasteiger partial charge is 0.0654 e. The summed E-state index contributed by atoms with van der Waals surface area (Å²) in [6, 6.07) is 0. The monoisotopic (exact) mass is 182 g/mol. The van der Waals surface area contributed by atoms with Gasteiger partial charge in [0.1, 0.15) is 0 Å². The lowest BCUT2D eigenvalue weighted by Gasteiger charge is -2.17. The van der Waals surface area contributed by atoms with Crippen LogP contribution in [0.4, 0.5) is 0 Å². The average molecular weight is 182 g/mol. The Kier molecular flexibility index (Phi) is 4.83. The molecule has 0 aromatic rings. The second kappa shape index (κ2) is 5.67. The van der Waals surface area contributed by atoms with E-state index in [-0.39, 0.29) is 0 Å². The third-order valence-electron chi connectivity index (χ3n) is 4.06. The Morgan fingerprint density at radius 3 is 2.31 bits per heavy atom. The van der Waals surface area contributed by atoms with Crippen molar-refractivity contribution in [1.82, 2.24) is 0 Å². The zero-order valence-corrected chi connectivity index (χ0v) is 9.68. The Bertz CT molecular complexity index is 128. The molecule has 0 amide bonds. The van der Waals surface area contributed by atoms with E-state index < -0.39 is 0 Å². The zero-order chi connectivity index (χ0) is 9.68. The summed E-state index contributed by atoms with van der Waals surface area (Å²) >= 11 is 0. The summed E-state index contributed by atoms with van der Waals surface area (Å²) in [5.74, 6) is 3.06. The molecule has 1 rings (SSSR count). The molecule has 1 fully saturated rings. The molecule has 0 N–H and O–H groups in total. The maximum atomic E-state index is 2.46. The Morgan fingerprint density at radius 1 is 1.00 bits per heavy atom. The normalized spacial score (nSPS) is 33.9. The van der Waals surface area contributed by atoms with Crippen LogP contribution in [0, 0.1) is 17.8 Å². The topological polar surface area (TPSA) is 0 Å². The van der Waals surface area contributed by atoms with Gasteiger partial charge in [0.05, 0.1) is 0 Å². The van der Waals surface area contributed by atoms with Crippen LogP contribution >= 0.6 is 0 Å². The lowest BCUT2D eigenvalue weighted by Crippen LogP contribution is -2.08. The lowest BCUT2D eigenvalue weighted by atomic mass is 9.88. The molecule has 0 radical (unpaired) electrons. The summed E-state index contributed by atoms with van der Waals surface area (Å²) in [4.78, 5) is 0. The van der Waals surface area contributed by atoms with Gasteiger partial charge in [-0.05, 0) is 24.2 Å². The van der Waals surface area contributed by atoms with Crippen molar-refractivity contribution in [1.29, 1.82) is 0 Å². The van der Waals surface area contributed by atoms with Gasteiger partial charge >= 0.3 is 0 Å². The van der Waals surface area contributed by atoms with Gasteiger partial charge in [-0.25, -0.2) is 0 Å². The fourth-order valence-corrected chi connectivity index (χ4v) is 2.71. The molecular formula is C13H26. The van der Waals surface area contributed by atoms with Crippen LogP contribution in [-0.2, 0) is 0 Å².